The number of hydrogen-bond donors (Lipinski definition) is 0. The number of para-hydroxylation sites is 2. The van der Waals surface area contributed by atoms with E-state index in [2.05, 4.69) is 10.2 Å². The van der Waals surface area contributed by atoms with E-state index in [1.807, 2.05) is 28.8 Å². The fourth-order valence-electron chi connectivity index (χ4n) is 2.60. The molecule has 0 saturated carbocycles. The van der Waals surface area contributed by atoms with Crippen LogP contribution in [0.4, 0.5) is 0 Å². The van der Waals surface area contributed by atoms with Gasteiger partial charge in [0, 0.05) is 13.1 Å². The third kappa shape index (κ3) is 2.10. The van der Waals surface area contributed by atoms with E-state index in [-0.39, 0.29) is 12.5 Å². The van der Waals surface area contributed by atoms with Crippen molar-refractivity contribution in [3.63, 3.8) is 0 Å². The Labute approximate surface area is 121 Å². The molecule has 21 heavy (non-hydrogen) atoms. The summed E-state index contributed by atoms with van der Waals surface area (Å²) in [5, 5.41) is 7.88. The molecule has 0 radical (unpaired) electrons. The minimum absolute atomic E-state index is 0.0706. The molecule has 7 heteroatoms. The first-order chi connectivity index (χ1) is 10.3. The molecular weight excluding hydrogens is 272 g/mol. The number of benzene rings is 1. The van der Waals surface area contributed by atoms with Crippen LogP contribution in [0.1, 0.15) is 5.82 Å². The second kappa shape index (κ2) is 4.76. The summed E-state index contributed by atoms with van der Waals surface area (Å²) in [5.74, 6) is 2.02. The zero-order valence-electron chi connectivity index (χ0n) is 11.3. The number of carbonyl (C=O) groups is 1. The first kappa shape index (κ1) is 12.2. The van der Waals surface area contributed by atoms with Gasteiger partial charge in [-0.25, -0.2) is 0 Å². The largest absolute Gasteiger partial charge is 0.485 e. The summed E-state index contributed by atoms with van der Waals surface area (Å²) in [6, 6.07) is 7.38. The Balaban J connectivity index is 1.49. The highest BCUT2D eigenvalue weighted by Gasteiger charge is 2.33. The number of rotatable bonds is 1. The Bertz CT molecular complexity index is 684. The van der Waals surface area contributed by atoms with Crippen molar-refractivity contribution in [2.75, 3.05) is 13.2 Å². The van der Waals surface area contributed by atoms with Crippen LogP contribution in [0.5, 0.6) is 11.5 Å². The quantitative estimate of drug-likeness (QED) is 0.762. The summed E-state index contributed by atoms with van der Waals surface area (Å²) in [4.78, 5) is 14.3. The van der Waals surface area contributed by atoms with Gasteiger partial charge in [0.2, 0.25) is 6.10 Å². The van der Waals surface area contributed by atoms with E-state index < -0.39 is 6.10 Å². The van der Waals surface area contributed by atoms with Crippen LogP contribution >= 0.6 is 0 Å². The number of carbonyl (C=O) groups excluding carboxylic acids is 1. The molecule has 0 saturated heterocycles. The van der Waals surface area contributed by atoms with E-state index in [0.29, 0.717) is 31.1 Å². The molecule has 2 aromatic rings. The predicted octanol–water partition coefficient (Wildman–Crippen LogP) is 0.460. The molecule has 4 rings (SSSR count). The molecule has 1 unspecified atom stereocenters. The second-order valence-electron chi connectivity index (χ2n) is 5.06. The summed E-state index contributed by atoms with van der Waals surface area (Å²) in [7, 11) is 0. The first-order valence-electron chi connectivity index (χ1n) is 6.85. The molecule has 7 nitrogen and oxygen atoms in total. The average Bonchev–Trinajstić information content (AvgIpc) is 3.01. The lowest BCUT2D eigenvalue weighted by Crippen LogP contribution is -2.48. The van der Waals surface area contributed by atoms with Gasteiger partial charge in [0.1, 0.15) is 12.9 Å². The van der Waals surface area contributed by atoms with Gasteiger partial charge >= 0.3 is 0 Å². The minimum Gasteiger partial charge on any atom is -0.485 e. The van der Waals surface area contributed by atoms with Crippen LogP contribution in [0, 0.1) is 0 Å². The van der Waals surface area contributed by atoms with Crippen molar-refractivity contribution in [3.8, 4) is 11.5 Å². The Hall–Kier alpha value is -2.57. The number of aromatic nitrogens is 3. The number of nitrogens with zero attached hydrogens (tertiary/aromatic N) is 4. The average molecular weight is 286 g/mol. The molecule has 1 aromatic carbocycles. The van der Waals surface area contributed by atoms with Gasteiger partial charge < -0.3 is 18.9 Å². The fraction of sp³-hybridized carbons (Fsp3) is 0.357. The highest BCUT2D eigenvalue weighted by Crippen LogP contribution is 2.31. The molecule has 0 spiro atoms. The van der Waals surface area contributed by atoms with Gasteiger partial charge in [-0.05, 0) is 12.1 Å². The first-order valence-corrected chi connectivity index (χ1v) is 6.85. The van der Waals surface area contributed by atoms with Crippen molar-refractivity contribution in [2.24, 2.45) is 0 Å². The molecule has 0 aliphatic carbocycles. The third-order valence-corrected chi connectivity index (χ3v) is 3.73. The molecule has 108 valence electrons. The summed E-state index contributed by atoms with van der Waals surface area (Å²) in [6.07, 6.45) is 1.09. The summed E-state index contributed by atoms with van der Waals surface area (Å²) in [6.45, 7) is 2.03. The maximum atomic E-state index is 12.6. The maximum Gasteiger partial charge on any atom is 0.267 e. The molecule has 1 atom stereocenters. The van der Waals surface area contributed by atoms with Crippen molar-refractivity contribution in [3.05, 3.63) is 36.4 Å². The molecule has 1 amide bonds. The van der Waals surface area contributed by atoms with Gasteiger partial charge in [0.25, 0.3) is 5.91 Å². The summed E-state index contributed by atoms with van der Waals surface area (Å²) < 4.78 is 13.3. The van der Waals surface area contributed by atoms with Crippen molar-refractivity contribution < 1.29 is 14.3 Å². The zero-order valence-corrected chi connectivity index (χ0v) is 11.3. The molecule has 0 bridgehead atoms. The Morgan fingerprint density at radius 1 is 1.24 bits per heavy atom. The van der Waals surface area contributed by atoms with Gasteiger partial charge in [-0.1, -0.05) is 12.1 Å². The van der Waals surface area contributed by atoms with Crippen LogP contribution in [0.2, 0.25) is 0 Å². The van der Waals surface area contributed by atoms with Crippen LogP contribution in [-0.2, 0) is 17.9 Å². The molecule has 1 aromatic heterocycles. The van der Waals surface area contributed by atoms with Crippen molar-refractivity contribution in [1.29, 1.82) is 0 Å². The number of fused-ring (bicyclic) bond motifs is 2. The molecule has 2 aliphatic heterocycles. The van der Waals surface area contributed by atoms with Gasteiger partial charge in [-0.15, -0.1) is 10.2 Å². The summed E-state index contributed by atoms with van der Waals surface area (Å²) in [5.41, 5.74) is 0. The molecular formula is C14H14N4O3. The Kier molecular flexibility index (Phi) is 2.77. The predicted molar refractivity (Wildman–Crippen MR) is 71.8 cm³/mol. The van der Waals surface area contributed by atoms with E-state index >= 15 is 0 Å². The number of hydrogen-bond acceptors (Lipinski definition) is 5. The van der Waals surface area contributed by atoms with Gasteiger partial charge in [0.05, 0.1) is 6.54 Å². The third-order valence-electron chi connectivity index (χ3n) is 3.73. The van der Waals surface area contributed by atoms with Gasteiger partial charge in [0.15, 0.2) is 17.3 Å². The van der Waals surface area contributed by atoms with Crippen molar-refractivity contribution in [2.45, 2.75) is 19.2 Å². The molecule has 0 fully saturated rings. The van der Waals surface area contributed by atoms with Crippen molar-refractivity contribution in [1.82, 2.24) is 19.7 Å². The SMILES string of the molecule is O=C(C1COc2ccccc2O1)N1CCn2cnnc2C1. The van der Waals surface area contributed by atoms with E-state index in [9.17, 15) is 4.79 Å². The second-order valence-corrected chi connectivity index (χ2v) is 5.06. The van der Waals surface area contributed by atoms with Crippen LogP contribution in [-0.4, -0.2) is 44.8 Å². The van der Waals surface area contributed by atoms with Crippen LogP contribution < -0.4 is 9.47 Å². The van der Waals surface area contributed by atoms with E-state index in [1.165, 1.54) is 0 Å². The highest BCUT2D eigenvalue weighted by molar-refractivity contribution is 5.82. The lowest BCUT2D eigenvalue weighted by molar-refractivity contribution is -0.142. The standard InChI is InChI=1S/C14H14N4O3/c19-14(17-5-6-18-9-15-16-13(18)7-17)12-8-20-10-3-1-2-4-11(10)21-12/h1-4,9,12H,5-8H2. The zero-order chi connectivity index (χ0) is 14.2. The Morgan fingerprint density at radius 3 is 3.00 bits per heavy atom. The lowest BCUT2D eigenvalue weighted by Gasteiger charge is -2.32. The van der Waals surface area contributed by atoms with Crippen LogP contribution in [0.3, 0.4) is 0 Å². The van der Waals surface area contributed by atoms with Crippen LogP contribution in [0.15, 0.2) is 30.6 Å². The topological polar surface area (TPSA) is 69.5 Å². The van der Waals surface area contributed by atoms with Crippen LogP contribution in [0.25, 0.3) is 0 Å². The lowest BCUT2D eigenvalue weighted by atomic mass is 10.2. The highest BCUT2D eigenvalue weighted by atomic mass is 16.6. The Morgan fingerprint density at radius 2 is 2.10 bits per heavy atom. The normalized spacial score (nSPS) is 20.0. The summed E-state index contributed by atoms with van der Waals surface area (Å²) >= 11 is 0. The van der Waals surface area contributed by atoms with Gasteiger partial charge in [-0.2, -0.15) is 0 Å². The smallest absolute Gasteiger partial charge is 0.267 e. The molecule has 3 heterocycles. The minimum atomic E-state index is -0.602. The number of ether oxygens (including phenoxy) is 2. The monoisotopic (exact) mass is 286 g/mol. The van der Waals surface area contributed by atoms with E-state index in [4.69, 9.17) is 9.47 Å². The van der Waals surface area contributed by atoms with E-state index in [1.54, 1.807) is 11.2 Å². The molecule has 2 aliphatic rings. The number of amides is 1. The van der Waals surface area contributed by atoms with E-state index in [0.717, 1.165) is 5.82 Å². The fourth-order valence-corrected chi connectivity index (χ4v) is 2.60. The van der Waals surface area contributed by atoms with Crippen molar-refractivity contribution >= 4 is 5.91 Å². The van der Waals surface area contributed by atoms with Gasteiger partial charge in [-0.3, -0.25) is 4.79 Å². The maximum absolute atomic E-state index is 12.6. The molecule has 0 N–H and O–H groups in total.